The molecule has 5 nitrogen and oxygen atoms in total. The molecule has 1 aliphatic heterocycles. The van der Waals surface area contributed by atoms with Gasteiger partial charge in [0.1, 0.15) is 6.04 Å². The van der Waals surface area contributed by atoms with E-state index in [0.717, 1.165) is 0 Å². The number of carbonyl (C=O) groups is 1. The molecule has 0 aliphatic carbocycles. The SMILES string of the molecule is COc1ccc(C2NC(=NCC(C)C)NC2=O)cc1F. The molecule has 20 heavy (non-hydrogen) atoms. The molecule has 0 aromatic heterocycles. The number of guanidine groups is 1. The highest BCUT2D eigenvalue weighted by atomic mass is 19.1. The van der Waals surface area contributed by atoms with E-state index >= 15 is 0 Å². The summed E-state index contributed by atoms with van der Waals surface area (Å²) in [6.07, 6.45) is 0. The number of benzene rings is 1. The molecular formula is C14H18FN3O2. The molecule has 0 radical (unpaired) electrons. The van der Waals surface area contributed by atoms with Crippen LogP contribution in [0.25, 0.3) is 0 Å². The van der Waals surface area contributed by atoms with Gasteiger partial charge in [-0.3, -0.25) is 15.1 Å². The fourth-order valence-corrected chi connectivity index (χ4v) is 1.88. The number of rotatable bonds is 4. The Morgan fingerprint density at radius 2 is 2.20 bits per heavy atom. The van der Waals surface area contributed by atoms with E-state index in [1.807, 2.05) is 13.8 Å². The molecule has 6 heteroatoms. The molecule has 108 valence electrons. The van der Waals surface area contributed by atoms with E-state index in [0.29, 0.717) is 24.0 Å². The summed E-state index contributed by atoms with van der Waals surface area (Å²) >= 11 is 0. The highest BCUT2D eigenvalue weighted by Crippen LogP contribution is 2.23. The Morgan fingerprint density at radius 3 is 2.80 bits per heavy atom. The lowest BCUT2D eigenvalue weighted by molar-refractivity contribution is -0.120. The zero-order valence-corrected chi connectivity index (χ0v) is 11.7. The topological polar surface area (TPSA) is 62.7 Å². The smallest absolute Gasteiger partial charge is 0.253 e. The van der Waals surface area contributed by atoms with Crippen molar-refractivity contribution < 1.29 is 13.9 Å². The van der Waals surface area contributed by atoms with E-state index in [2.05, 4.69) is 15.6 Å². The molecule has 0 saturated carbocycles. The number of ether oxygens (including phenoxy) is 1. The summed E-state index contributed by atoms with van der Waals surface area (Å²) < 4.78 is 18.5. The van der Waals surface area contributed by atoms with Crippen LogP contribution in [0, 0.1) is 11.7 Å². The van der Waals surface area contributed by atoms with Crippen LogP contribution in [0.1, 0.15) is 25.5 Å². The van der Waals surface area contributed by atoms with Crippen molar-refractivity contribution in [2.45, 2.75) is 19.9 Å². The second-order valence-corrected chi connectivity index (χ2v) is 5.04. The molecule has 1 heterocycles. The molecular weight excluding hydrogens is 261 g/mol. The molecule has 1 aliphatic rings. The third-order valence-electron chi connectivity index (χ3n) is 2.91. The van der Waals surface area contributed by atoms with E-state index in [-0.39, 0.29) is 11.7 Å². The molecule has 1 aromatic rings. The Labute approximate surface area is 117 Å². The van der Waals surface area contributed by atoms with Crippen LogP contribution in [0.3, 0.4) is 0 Å². The van der Waals surface area contributed by atoms with Crippen LogP contribution in [0.15, 0.2) is 23.2 Å². The molecule has 1 unspecified atom stereocenters. The molecule has 2 rings (SSSR count). The molecule has 0 spiro atoms. The molecule has 0 bridgehead atoms. The number of hydrogen-bond acceptors (Lipinski definition) is 3. The van der Waals surface area contributed by atoms with Gasteiger partial charge in [-0.05, 0) is 23.6 Å². The van der Waals surface area contributed by atoms with Crippen molar-refractivity contribution in [1.29, 1.82) is 0 Å². The average Bonchev–Trinajstić information content (AvgIpc) is 2.77. The first kappa shape index (κ1) is 14.3. The first-order chi connectivity index (χ1) is 9.51. The first-order valence-corrected chi connectivity index (χ1v) is 6.46. The Morgan fingerprint density at radius 1 is 1.45 bits per heavy atom. The average molecular weight is 279 g/mol. The standard InChI is InChI=1S/C14H18FN3O2/c1-8(2)7-16-14-17-12(13(19)18-14)9-4-5-11(20-3)10(15)6-9/h4-6,8,12H,7H2,1-3H3,(H2,16,17,18,19). The predicted octanol–water partition coefficient (Wildman–Crippen LogP) is 1.61. The fraction of sp³-hybridized carbons (Fsp3) is 0.429. The fourth-order valence-electron chi connectivity index (χ4n) is 1.88. The lowest BCUT2D eigenvalue weighted by atomic mass is 10.1. The van der Waals surface area contributed by atoms with Crippen LogP contribution < -0.4 is 15.4 Å². The van der Waals surface area contributed by atoms with Crippen molar-refractivity contribution in [2.75, 3.05) is 13.7 Å². The summed E-state index contributed by atoms with van der Waals surface area (Å²) in [5.41, 5.74) is 0.538. The van der Waals surface area contributed by atoms with E-state index in [9.17, 15) is 9.18 Å². The number of carbonyl (C=O) groups excluding carboxylic acids is 1. The third kappa shape index (κ3) is 3.07. The molecule has 1 fully saturated rings. The second-order valence-electron chi connectivity index (χ2n) is 5.04. The third-order valence-corrected chi connectivity index (χ3v) is 2.91. The maximum atomic E-state index is 13.7. The minimum atomic E-state index is -0.624. The summed E-state index contributed by atoms with van der Waals surface area (Å²) in [7, 11) is 1.40. The van der Waals surface area contributed by atoms with E-state index in [4.69, 9.17) is 4.74 Å². The molecule has 1 saturated heterocycles. The van der Waals surface area contributed by atoms with Crippen molar-refractivity contribution in [3.63, 3.8) is 0 Å². The van der Waals surface area contributed by atoms with Crippen molar-refractivity contribution in [3.8, 4) is 5.75 Å². The second kappa shape index (κ2) is 5.90. The van der Waals surface area contributed by atoms with Gasteiger partial charge in [0.25, 0.3) is 5.91 Å². The number of aliphatic imine (C=N–C) groups is 1. The van der Waals surface area contributed by atoms with Crippen LogP contribution in [0.5, 0.6) is 5.75 Å². The van der Waals surface area contributed by atoms with Gasteiger partial charge in [-0.25, -0.2) is 4.39 Å². The lowest BCUT2D eigenvalue weighted by Crippen LogP contribution is -2.26. The molecule has 1 aromatic carbocycles. The van der Waals surface area contributed by atoms with Gasteiger partial charge in [0.05, 0.1) is 7.11 Å². The quantitative estimate of drug-likeness (QED) is 0.880. The van der Waals surface area contributed by atoms with Crippen LogP contribution in [0.4, 0.5) is 4.39 Å². The molecule has 1 amide bonds. The molecule has 2 N–H and O–H groups in total. The predicted molar refractivity (Wildman–Crippen MR) is 74.1 cm³/mol. The summed E-state index contributed by atoms with van der Waals surface area (Å²) in [4.78, 5) is 16.1. The minimum absolute atomic E-state index is 0.154. The van der Waals surface area contributed by atoms with Crippen LogP contribution >= 0.6 is 0 Å². The summed E-state index contributed by atoms with van der Waals surface area (Å²) in [5.74, 6) is 0.258. The van der Waals surface area contributed by atoms with Crippen molar-refractivity contribution >= 4 is 11.9 Å². The van der Waals surface area contributed by atoms with Crippen molar-refractivity contribution in [3.05, 3.63) is 29.6 Å². The number of hydrogen-bond donors (Lipinski definition) is 2. The Kier molecular flexibility index (Phi) is 4.22. The Balaban J connectivity index is 2.15. The van der Waals surface area contributed by atoms with Crippen molar-refractivity contribution in [1.82, 2.24) is 10.6 Å². The van der Waals surface area contributed by atoms with Gasteiger partial charge < -0.3 is 10.1 Å². The van der Waals surface area contributed by atoms with Gasteiger partial charge in [0.2, 0.25) is 0 Å². The molecule has 1 atom stereocenters. The van der Waals surface area contributed by atoms with E-state index < -0.39 is 11.9 Å². The Bertz CT molecular complexity index is 543. The highest BCUT2D eigenvalue weighted by molar-refractivity contribution is 6.06. The number of nitrogens with one attached hydrogen (secondary N) is 2. The normalized spacial score (nSPS) is 20.1. The number of nitrogens with zero attached hydrogens (tertiary/aromatic N) is 1. The maximum absolute atomic E-state index is 13.7. The first-order valence-electron chi connectivity index (χ1n) is 6.46. The van der Waals surface area contributed by atoms with Gasteiger partial charge in [-0.15, -0.1) is 0 Å². The summed E-state index contributed by atoms with van der Waals surface area (Å²) in [6, 6.07) is 3.83. The van der Waals surface area contributed by atoms with Gasteiger partial charge >= 0.3 is 0 Å². The highest BCUT2D eigenvalue weighted by Gasteiger charge is 2.30. The maximum Gasteiger partial charge on any atom is 0.253 e. The van der Waals surface area contributed by atoms with Crippen LogP contribution in [-0.4, -0.2) is 25.5 Å². The van der Waals surface area contributed by atoms with Gasteiger partial charge in [0.15, 0.2) is 17.5 Å². The lowest BCUT2D eigenvalue weighted by Gasteiger charge is -2.10. The Hall–Kier alpha value is -2.11. The zero-order chi connectivity index (χ0) is 14.7. The van der Waals surface area contributed by atoms with E-state index in [1.165, 1.54) is 19.2 Å². The van der Waals surface area contributed by atoms with Gasteiger partial charge in [0, 0.05) is 6.54 Å². The van der Waals surface area contributed by atoms with E-state index in [1.54, 1.807) is 6.07 Å². The number of amides is 1. The zero-order valence-electron chi connectivity index (χ0n) is 11.7. The van der Waals surface area contributed by atoms with Crippen molar-refractivity contribution in [2.24, 2.45) is 10.9 Å². The van der Waals surface area contributed by atoms with Crippen LogP contribution in [-0.2, 0) is 4.79 Å². The summed E-state index contributed by atoms with van der Waals surface area (Å²) in [5, 5.41) is 5.61. The number of halogens is 1. The van der Waals surface area contributed by atoms with Gasteiger partial charge in [-0.1, -0.05) is 19.9 Å². The summed E-state index contributed by atoms with van der Waals surface area (Å²) in [6.45, 7) is 4.70. The monoisotopic (exact) mass is 279 g/mol. The number of methoxy groups -OCH3 is 1. The van der Waals surface area contributed by atoms with Gasteiger partial charge in [-0.2, -0.15) is 0 Å². The van der Waals surface area contributed by atoms with Crippen LogP contribution in [0.2, 0.25) is 0 Å². The minimum Gasteiger partial charge on any atom is -0.494 e. The largest absolute Gasteiger partial charge is 0.494 e.